The Kier molecular flexibility index (Phi) is 5.04. The predicted octanol–water partition coefficient (Wildman–Crippen LogP) is 4.17. The van der Waals surface area contributed by atoms with E-state index >= 15 is 0 Å². The molecule has 0 amide bonds. The second-order valence-corrected chi connectivity index (χ2v) is 6.22. The Morgan fingerprint density at radius 3 is 2.52 bits per heavy atom. The molecule has 2 atom stereocenters. The van der Waals surface area contributed by atoms with Crippen molar-refractivity contribution in [3.05, 3.63) is 35.4 Å². The molecule has 2 unspecified atom stereocenters. The van der Waals surface area contributed by atoms with E-state index in [0.717, 1.165) is 38.6 Å². The number of carboxylic acids is 1. The number of carbonyl (C=O) groups is 1. The zero-order valence-electron chi connectivity index (χ0n) is 13.4. The van der Waals surface area contributed by atoms with Crippen molar-refractivity contribution in [2.75, 3.05) is 6.54 Å². The van der Waals surface area contributed by atoms with Crippen LogP contribution in [0.25, 0.3) is 0 Å². The van der Waals surface area contributed by atoms with E-state index in [2.05, 4.69) is 49.9 Å². The zero-order chi connectivity index (χ0) is 15.5. The highest BCUT2D eigenvalue weighted by atomic mass is 16.4. The lowest BCUT2D eigenvalue weighted by molar-refractivity contribution is -0.152. The largest absolute Gasteiger partial charge is 0.480 e. The highest BCUT2D eigenvalue weighted by molar-refractivity contribution is 5.79. The highest BCUT2D eigenvalue weighted by Crippen LogP contribution is 2.41. The Labute approximate surface area is 128 Å². The molecule has 0 radical (unpaired) electrons. The molecule has 0 aliphatic carbocycles. The summed E-state index contributed by atoms with van der Waals surface area (Å²) in [6.45, 7) is 7.20. The first-order valence-electron chi connectivity index (χ1n) is 8.12. The Balaban J connectivity index is 2.35. The van der Waals surface area contributed by atoms with Gasteiger partial charge in [0.15, 0.2) is 0 Å². The van der Waals surface area contributed by atoms with Crippen molar-refractivity contribution in [1.82, 2.24) is 4.90 Å². The average Bonchev–Trinajstić information content (AvgIpc) is 2.87. The summed E-state index contributed by atoms with van der Waals surface area (Å²) >= 11 is 0. The summed E-state index contributed by atoms with van der Waals surface area (Å²) in [6.07, 6.45) is 4.35. The Bertz CT molecular complexity index is 482. The number of nitrogens with zero attached hydrogens (tertiary/aromatic N) is 1. The molecule has 1 heterocycles. The second-order valence-electron chi connectivity index (χ2n) is 6.22. The van der Waals surface area contributed by atoms with Crippen molar-refractivity contribution < 1.29 is 9.90 Å². The van der Waals surface area contributed by atoms with Crippen LogP contribution in [0.1, 0.15) is 63.1 Å². The third-order valence-electron chi connectivity index (χ3n) is 4.83. The van der Waals surface area contributed by atoms with E-state index in [4.69, 9.17) is 0 Å². The van der Waals surface area contributed by atoms with Gasteiger partial charge in [0.2, 0.25) is 0 Å². The highest BCUT2D eigenvalue weighted by Gasteiger charge is 2.49. The summed E-state index contributed by atoms with van der Waals surface area (Å²) in [5.41, 5.74) is 1.82. The Hall–Kier alpha value is -1.35. The fraction of sp³-hybridized carbons (Fsp3) is 0.611. The van der Waals surface area contributed by atoms with Crippen LogP contribution >= 0.6 is 0 Å². The van der Waals surface area contributed by atoms with Crippen LogP contribution < -0.4 is 0 Å². The minimum atomic E-state index is -0.666. The van der Waals surface area contributed by atoms with Crippen LogP contribution in [-0.4, -0.2) is 28.1 Å². The predicted molar refractivity (Wildman–Crippen MR) is 85.4 cm³/mol. The van der Waals surface area contributed by atoms with Gasteiger partial charge in [-0.3, -0.25) is 9.69 Å². The number of carboxylic acid groups (broad SMARTS) is 1. The quantitative estimate of drug-likeness (QED) is 0.854. The molecule has 1 saturated heterocycles. The van der Waals surface area contributed by atoms with Gasteiger partial charge in [0.05, 0.1) is 0 Å². The van der Waals surface area contributed by atoms with E-state index in [-0.39, 0.29) is 6.04 Å². The molecule has 0 aromatic heterocycles. The summed E-state index contributed by atoms with van der Waals surface area (Å²) in [5.74, 6) is -0.646. The van der Waals surface area contributed by atoms with Gasteiger partial charge >= 0.3 is 5.97 Å². The first-order valence-corrected chi connectivity index (χ1v) is 8.12. The molecule has 3 nitrogen and oxygen atoms in total. The molecule has 1 fully saturated rings. The van der Waals surface area contributed by atoms with Gasteiger partial charge < -0.3 is 5.11 Å². The SMILES string of the molecule is CCCC1(C(=O)O)CCCN1C(CC)c1ccc(C)cc1. The lowest BCUT2D eigenvalue weighted by Gasteiger charge is -2.40. The summed E-state index contributed by atoms with van der Waals surface area (Å²) in [4.78, 5) is 14.2. The monoisotopic (exact) mass is 289 g/mol. The van der Waals surface area contributed by atoms with Crippen LogP contribution in [0.2, 0.25) is 0 Å². The number of hydrogen-bond acceptors (Lipinski definition) is 2. The molecule has 1 aliphatic rings. The minimum absolute atomic E-state index is 0.204. The number of benzene rings is 1. The second kappa shape index (κ2) is 6.61. The molecule has 116 valence electrons. The van der Waals surface area contributed by atoms with Gasteiger partial charge in [-0.1, -0.05) is 50.1 Å². The first kappa shape index (κ1) is 16.0. The van der Waals surface area contributed by atoms with Crippen LogP contribution in [0.3, 0.4) is 0 Å². The van der Waals surface area contributed by atoms with E-state index in [1.165, 1.54) is 11.1 Å². The summed E-state index contributed by atoms with van der Waals surface area (Å²) in [7, 11) is 0. The van der Waals surface area contributed by atoms with Gasteiger partial charge in [-0.15, -0.1) is 0 Å². The van der Waals surface area contributed by atoms with Gasteiger partial charge in [0.25, 0.3) is 0 Å². The van der Waals surface area contributed by atoms with Crippen LogP contribution in [-0.2, 0) is 4.79 Å². The fourth-order valence-corrected chi connectivity index (χ4v) is 3.80. The fourth-order valence-electron chi connectivity index (χ4n) is 3.80. The van der Waals surface area contributed by atoms with Gasteiger partial charge in [0, 0.05) is 6.04 Å². The van der Waals surface area contributed by atoms with Gasteiger partial charge in [-0.25, -0.2) is 0 Å². The molecule has 1 aromatic rings. The van der Waals surface area contributed by atoms with Gasteiger partial charge in [0.1, 0.15) is 5.54 Å². The smallest absolute Gasteiger partial charge is 0.324 e. The molecular weight excluding hydrogens is 262 g/mol. The third-order valence-corrected chi connectivity index (χ3v) is 4.83. The van der Waals surface area contributed by atoms with Crippen LogP contribution in [0.4, 0.5) is 0 Å². The van der Waals surface area contributed by atoms with Crippen molar-refractivity contribution >= 4 is 5.97 Å². The molecule has 2 rings (SSSR count). The lowest BCUT2D eigenvalue weighted by atomic mass is 9.88. The zero-order valence-corrected chi connectivity index (χ0v) is 13.4. The number of hydrogen-bond donors (Lipinski definition) is 1. The van der Waals surface area contributed by atoms with E-state index in [0.29, 0.717) is 0 Å². The minimum Gasteiger partial charge on any atom is -0.480 e. The molecular formula is C18H27NO2. The maximum atomic E-state index is 12.0. The van der Waals surface area contributed by atoms with Crippen molar-refractivity contribution in [2.24, 2.45) is 0 Å². The van der Waals surface area contributed by atoms with E-state index < -0.39 is 11.5 Å². The molecule has 0 saturated carbocycles. The molecule has 0 spiro atoms. The molecule has 1 N–H and O–H groups in total. The topological polar surface area (TPSA) is 40.5 Å². The normalized spacial score (nSPS) is 24.1. The van der Waals surface area contributed by atoms with E-state index in [9.17, 15) is 9.90 Å². The van der Waals surface area contributed by atoms with Crippen molar-refractivity contribution in [3.63, 3.8) is 0 Å². The van der Waals surface area contributed by atoms with Gasteiger partial charge in [-0.05, 0) is 44.7 Å². The molecule has 21 heavy (non-hydrogen) atoms. The standard InChI is InChI=1S/C18H27NO2/c1-4-11-18(17(20)21)12-6-13-19(18)16(5-2)15-9-7-14(3)8-10-15/h7-10,16H,4-6,11-13H2,1-3H3,(H,20,21). The van der Waals surface area contributed by atoms with Crippen molar-refractivity contribution in [3.8, 4) is 0 Å². The van der Waals surface area contributed by atoms with Crippen LogP contribution in [0.5, 0.6) is 0 Å². The van der Waals surface area contributed by atoms with E-state index in [1.54, 1.807) is 0 Å². The molecule has 1 aromatic carbocycles. The van der Waals surface area contributed by atoms with Crippen molar-refractivity contribution in [2.45, 2.75) is 64.5 Å². The van der Waals surface area contributed by atoms with Crippen LogP contribution in [0.15, 0.2) is 24.3 Å². The van der Waals surface area contributed by atoms with Gasteiger partial charge in [-0.2, -0.15) is 0 Å². The number of likely N-dealkylation sites (tertiary alicyclic amines) is 1. The first-order chi connectivity index (χ1) is 10.0. The molecule has 3 heteroatoms. The number of aryl methyl sites for hydroxylation is 1. The van der Waals surface area contributed by atoms with Crippen molar-refractivity contribution in [1.29, 1.82) is 0 Å². The van der Waals surface area contributed by atoms with Crippen LogP contribution in [0, 0.1) is 6.92 Å². The number of rotatable bonds is 6. The third kappa shape index (κ3) is 2.98. The lowest BCUT2D eigenvalue weighted by Crippen LogP contribution is -2.51. The summed E-state index contributed by atoms with van der Waals surface area (Å²) < 4.78 is 0. The summed E-state index contributed by atoms with van der Waals surface area (Å²) in [6, 6.07) is 8.75. The maximum absolute atomic E-state index is 12.0. The number of aliphatic carboxylic acids is 1. The Morgan fingerprint density at radius 2 is 2.00 bits per heavy atom. The molecule has 0 bridgehead atoms. The average molecular weight is 289 g/mol. The Morgan fingerprint density at radius 1 is 1.33 bits per heavy atom. The maximum Gasteiger partial charge on any atom is 0.324 e. The summed E-state index contributed by atoms with van der Waals surface area (Å²) in [5, 5.41) is 9.86. The molecule has 1 aliphatic heterocycles. The van der Waals surface area contributed by atoms with E-state index in [1.807, 2.05) is 0 Å².